The minimum Gasteiger partial charge on any atom is -0.365 e. The van der Waals surface area contributed by atoms with Crippen LogP contribution in [0.15, 0.2) is 31.0 Å². The summed E-state index contributed by atoms with van der Waals surface area (Å²) in [7, 11) is 0. The van der Waals surface area contributed by atoms with Gasteiger partial charge < -0.3 is 4.98 Å². The molecule has 0 aliphatic heterocycles. The molecule has 1 aromatic rings. The number of nitrogens with one attached hydrogen (secondary N) is 1. The van der Waals surface area contributed by atoms with Crippen molar-refractivity contribution in [2.45, 2.75) is 34.1 Å². The summed E-state index contributed by atoms with van der Waals surface area (Å²) < 4.78 is 0. The van der Waals surface area contributed by atoms with Crippen molar-refractivity contribution in [1.29, 1.82) is 0 Å². The Bertz CT molecular complexity index is 292. The first-order valence-corrected chi connectivity index (χ1v) is 5.25. The minimum atomic E-state index is 1.05. The lowest BCUT2D eigenvalue weighted by Gasteiger charge is -2.01. The molecule has 1 heterocycles. The van der Waals surface area contributed by atoms with E-state index in [9.17, 15) is 0 Å². The van der Waals surface area contributed by atoms with Gasteiger partial charge in [-0.25, -0.2) is 0 Å². The SMILES string of the molecule is C=C/C=C(/CC)c1cc[nH]c1C.CC. The van der Waals surface area contributed by atoms with Gasteiger partial charge >= 0.3 is 0 Å². The van der Waals surface area contributed by atoms with E-state index in [-0.39, 0.29) is 0 Å². The largest absolute Gasteiger partial charge is 0.365 e. The molecule has 0 aliphatic rings. The van der Waals surface area contributed by atoms with Crippen LogP contribution in [0.1, 0.15) is 38.4 Å². The highest BCUT2D eigenvalue weighted by Gasteiger charge is 2.01. The van der Waals surface area contributed by atoms with Crippen LogP contribution in [-0.2, 0) is 0 Å². The number of aryl methyl sites for hydroxylation is 1. The predicted octanol–water partition coefficient (Wildman–Crippen LogP) is 4.33. The third kappa shape index (κ3) is 3.25. The average molecular weight is 191 g/mol. The van der Waals surface area contributed by atoms with Crippen molar-refractivity contribution in [2.75, 3.05) is 0 Å². The Morgan fingerprint density at radius 1 is 1.50 bits per heavy atom. The van der Waals surface area contributed by atoms with Gasteiger partial charge in [-0.1, -0.05) is 39.5 Å². The summed E-state index contributed by atoms with van der Waals surface area (Å²) in [5, 5.41) is 0. The smallest absolute Gasteiger partial charge is 0.0191 e. The molecule has 0 aliphatic carbocycles. The highest BCUT2D eigenvalue weighted by atomic mass is 14.7. The molecule has 0 amide bonds. The van der Waals surface area contributed by atoms with Crippen LogP contribution < -0.4 is 0 Å². The van der Waals surface area contributed by atoms with E-state index in [1.54, 1.807) is 0 Å². The van der Waals surface area contributed by atoms with Gasteiger partial charge in [-0.05, 0) is 30.5 Å². The van der Waals surface area contributed by atoms with E-state index in [0.29, 0.717) is 0 Å². The molecule has 0 fully saturated rings. The van der Waals surface area contributed by atoms with Crippen molar-refractivity contribution in [1.82, 2.24) is 4.98 Å². The lowest BCUT2D eigenvalue weighted by atomic mass is 10.0. The standard InChI is InChI=1S/C11H15N.C2H6/c1-4-6-10(5-2)11-7-8-12-9(11)3;1-2/h4,6-8,12H,1,5H2,2-3H3;1-2H3/b10-6-;. The van der Waals surface area contributed by atoms with Crippen LogP contribution in [0.5, 0.6) is 0 Å². The Kier molecular flexibility index (Phi) is 6.55. The Hall–Kier alpha value is -1.24. The third-order valence-corrected chi connectivity index (χ3v) is 2.00. The first-order chi connectivity index (χ1) is 6.79. The summed E-state index contributed by atoms with van der Waals surface area (Å²) in [4.78, 5) is 3.17. The van der Waals surface area contributed by atoms with E-state index in [1.807, 2.05) is 26.1 Å². The highest BCUT2D eigenvalue weighted by molar-refractivity contribution is 5.68. The lowest BCUT2D eigenvalue weighted by Crippen LogP contribution is -1.82. The van der Waals surface area contributed by atoms with Gasteiger partial charge in [0.15, 0.2) is 0 Å². The van der Waals surface area contributed by atoms with Gasteiger partial charge in [0, 0.05) is 11.9 Å². The van der Waals surface area contributed by atoms with Crippen LogP contribution in [0, 0.1) is 6.92 Å². The average Bonchev–Trinajstić information content (AvgIpc) is 2.64. The Morgan fingerprint density at radius 3 is 2.50 bits per heavy atom. The molecule has 0 radical (unpaired) electrons. The topological polar surface area (TPSA) is 15.8 Å². The number of aromatic nitrogens is 1. The molecule has 1 N–H and O–H groups in total. The first kappa shape index (κ1) is 12.8. The lowest BCUT2D eigenvalue weighted by molar-refractivity contribution is 1.20. The summed E-state index contributed by atoms with van der Waals surface area (Å²) in [6.07, 6.45) is 6.92. The van der Waals surface area contributed by atoms with Gasteiger partial charge in [0.1, 0.15) is 0 Å². The summed E-state index contributed by atoms with van der Waals surface area (Å²) in [5.41, 5.74) is 3.87. The van der Waals surface area contributed by atoms with Crippen molar-refractivity contribution in [3.63, 3.8) is 0 Å². The Morgan fingerprint density at radius 2 is 2.14 bits per heavy atom. The number of aromatic amines is 1. The van der Waals surface area contributed by atoms with Crippen LogP contribution in [-0.4, -0.2) is 4.98 Å². The van der Waals surface area contributed by atoms with E-state index >= 15 is 0 Å². The maximum atomic E-state index is 3.70. The van der Waals surface area contributed by atoms with E-state index in [2.05, 4.69) is 37.6 Å². The minimum absolute atomic E-state index is 1.05. The zero-order valence-corrected chi connectivity index (χ0v) is 9.72. The molecule has 0 saturated heterocycles. The molecule has 1 rings (SSSR count). The molecule has 78 valence electrons. The molecule has 0 bridgehead atoms. The summed E-state index contributed by atoms with van der Waals surface area (Å²) in [6, 6.07) is 2.11. The van der Waals surface area contributed by atoms with Crippen molar-refractivity contribution in [2.24, 2.45) is 0 Å². The van der Waals surface area contributed by atoms with Crippen LogP contribution >= 0.6 is 0 Å². The molecular weight excluding hydrogens is 170 g/mol. The van der Waals surface area contributed by atoms with E-state index in [1.165, 1.54) is 16.8 Å². The zero-order chi connectivity index (χ0) is 11.0. The molecule has 0 spiro atoms. The molecule has 1 aromatic heterocycles. The van der Waals surface area contributed by atoms with E-state index in [4.69, 9.17) is 0 Å². The van der Waals surface area contributed by atoms with Gasteiger partial charge in [-0.2, -0.15) is 0 Å². The van der Waals surface area contributed by atoms with E-state index in [0.717, 1.165) is 6.42 Å². The number of rotatable bonds is 3. The molecule has 0 aromatic carbocycles. The van der Waals surface area contributed by atoms with Crippen LogP contribution in [0.2, 0.25) is 0 Å². The Labute approximate surface area is 87.6 Å². The first-order valence-electron chi connectivity index (χ1n) is 5.25. The third-order valence-electron chi connectivity index (χ3n) is 2.00. The van der Waals surface area contributed by atoms with Crippen molar-refractivity contribution in [3.8, 4) is 0 Å². The molecule has 1 nitrogen and oxygen atoms in total. The Balaban J connectivity index is 0.000000791. The van der Waals surface area contributed by atoms with Crippen LogP contribution in [0.25, 0.3) is 5.57 Å². The van der Waals surface area contributed by atoms with Gasteiger partial charge in [0.2, 0.25) is 0 Å². The molecular formula is C13H21N. The van der Waals surface area contributed by atoms with Gasteiger partial charge in [0.05, 0.1) is 0 Å². The molecule has 0 saturated carbocycles. The summed E-state index contributed by atoms with van der Waals surface area (Å²) in [6.45, 7) is 11.9. The number of hydrogen-bond donors (Lipinski definition) is 1. The number of H-pyrrole nitrogens is 1. The van der Waals surface area contributed by atoms with E-state index < -0.39 is 0 Å². The van der Waals surface area contributed by atoms with Crippen LogP contribution in [0.4, 0.5) is 0 Å². The fourth-order valence-corrected chi connectivity index (χ4v) is 1.34. The second kappa shape index (κ2) is 7.19. The maximum Gasteiger partial charge on any atom is 0.0191 e. The van der Waals surface area contributed by atoms with Gasteiger partial charge in [0.25, 0.3) is 0 Å². The quantitative estimate of drug-likeness (QED) is 0.684. The van der Waals surface area contributed by atoms with Gasteiger partial charge in [-0.15, -0.1) is 0 Å². The normalized spacial score (nSPS) is 10.4. The monoisotopic (exact) mass is 191 g/mol. The molecule has 14 heavy (non-hydrogen) atoms. The number of hydrogen-bond acceptors (Lipinski definition) is 0. The fraction of sp³-hybridized carbons (Fsp3) is 0.385. The maximum absolute atomic E-state index is 3.70. The van der Waals surface area contributed by atoms with Crippen LogP contribution in [0.3, 0.4) is 0 Å². The summed E-state index contributed by atoms with van der Waals surface area (Å²) >= 11 is 0. The predicted molar refractivity (Wildman–Crippen MR) is 65.3 cm³/mol. The summed E-state index contributed by atoms with van der Waals surface area (Å²) in [5.74, 6) is 0. The molecule has 1 heteroatoms. The molecule has 0 atom stereocenters. The van der Waals surface area contributed by atoms with Gasteiger partial charge in [-0.3, -0.25) is 0 Å². The fourth-order valence-electron chi connectivity index (χ4n) is 1.34. The van der Waals surface area contributed by atoms with Crippen molar-refractivity contribution in [3.05, 3.63) is 42.3 Å². The molecule has 0 unspecified atom stereocenters. The van der Waals surface area contributed by atoms with Crippen molar-refractivity contribution >= 4 is 5.57 Å². The second-order valence-electron chi connectivity index (χ2n) is 2.80. The highest BCUT2D eigenvalue weighted by Crippen LogP contribution is 2.20. The second-order valence-corrected chi connectivity index (χ2v) is 2.80. The zero-order valence-electron chi connectivity index (χ0n) is 9.72. The van der Waals surface area contributed by atoms with Crippen molar-refractivity contribution < 1.29 is 0 Å². The number of allylic oxidation sites excluding steroid dienone is 3.